The van der Waals surface area contributed by atoms with E-state index in [1.54, 1.807) is 12.1 Å². The number of halogens is 2. The van der Waals surface area contributed by atoms with Gasteiger partial charge in [0.1, 0.15) is 0 Å². The molecule has 1 aromatic rings. The highest BCUT2D eigenvalue weighted by Crippen LogP contribution is 2.32. The molecule has 1 aliphatic heterocycles. The van der Waals surface area contributed by atoms with Gasteiger partial charge in [-0.3, -0.25) is 9.69 Å². The molecule has 1 fully saturated rings. The van der Waals surface area contributed by atoms with E-state index in [0.29, 0.717) is 34.0 Å². The van der Waals surface area contributed by atoms with Gasteiger partial charge < -0.3 is 11.1 Å². The lowest BCUT2D eigenvalue weighted by Crippen LogP contribution is -2.35. The van der Waals surface area contributed by atoms with E-state index in [2.05, 4.69) is 17.1 Å². The van der Waals surface area contributed by atoms with E-state index >= 15 is 0 Å². The predicted octanol–water partition coefficient (Wildman–Crippen LogP) is 3.00. The second-order valence-corrected chi connectivity index (χ2v) is 5.68. The van der Waals surface area contributed by atoms with Crippen molar-refractivity contribution in [3.8, 4) is 0 Å². The number of nitrogens with one attached hydrogen (secondary N) is 1. The predicted molar refractivity (Wildman–Crippen MR) is 79.8 cm³/mol. The van der Waals surface area contributed by atoms with E-state index in [-0.39, 0.29) is 5.91 Å². The summed E-state index contributed by atoms with van der Waals surface area (Å²) in [4.78, 5) is 14.1. The number of nitrogens with zero attached hydrogens (tertiary/aromatic N) is 1. The van der Waals surface area contributed by atoms with E-state index in [9.17, 15) is 4.79 Å². The first-order valence-electron chi connectivity index (χ1n) is 6.26. The number of hydrogen-bond donors (Lipinski definition) is 2. The van der Waals surface area contributed by atoms with Gasteiger partial charge in [0.2, 0.25) is 5.91 Å². The van der Waals surface area contributed by atoms with E-state index in [0.717, 1.165) is 19.4 Å². The van der Waals surface area contributed by atoms with Crippen LogP contribution in [0.2, 0.25) is 10.0 Å². The lowest BCUT2D eigenvalue weighted by molar-refractivity contribution is -0.117. The van der Waals surface area contributed by atoms with Gasteiger partial charge in [0.05, 0.1) is 22.3 Å². The Hall–Kier alpha value is -0.970. The van der Waals surface area contributed by atoms with Crippen LogP contribution >= 0.6 is 23.2 Å². The molecule has 0 aliphatic carbocycles. The number of carbonyl (C=O) groups is 1. The summed E-state index contributed by atoms with van der Waals surface area (Å²) in [5.74, 6) is -0.109. The van der Waals surface area contributed by atoms with Crippen molar-refractivity contribution in [2.75, 3.05) is 24.1 Å². The second-order valence-electron chi connectivity index (χ2n) is 4.87. The number of anilines is 2. The third kappa shape index (κ3) is 3.53. The number of carbonyl (C=O) groups excluding carboxylic acids is 1. The molecule has 0 aromatic heterocycles. The molecule has 1 aromatic carbocycles. The van der Waals surface area contributed by atoms with Gasteiger partial charge in [0.25, 0.3) is 0 Å². The molecule has 0 spiro atoms. The molecular formula is C13H17Cl2N3O. The Bertz CT molecular complexity index is 470. The Morgan fingerprint density at radius 2 is 2.11 bits per heavy atom. The molecule has 1 heterocycles. The van der Waals surface area contributed by atoms with Crippen molar-refractivity contribution in [2.24, 2.45) is 0 Å². The summed E-state index contributed by atoms with van der Waals surface area (Å²) in [6, 6.07) is 3.59. The molecule has 1 aliphatic rings. The molecule has 104 valence electrons. The van der Waals surface area contributed by atoms with Crippen LogP contribution in [0, 0.1) is 0 Å². The lowest BCUT2D eigenvalue weighted by atomic mass is 10.2. The summed E-state index contributed by atoms with van der Waals surface area (Å²) >= 11 is 12.1. The van der Waals surface area contributed by atoms with Crippen LogP contribution in [0.25, 0.3) is 0 Å². The molecule has 6 heteroatoms. The molecule has 0 radical (unpaired) electrons. The Balaban J connectivity index is 2.03. The third-order valence-electron chi connectivity index (χ3n) is 3.37. The van der Waals surface area contributed by atoms with Crippen LogP contribution in [0.15, 0.2) is 12.1 Å². The zero-order valence-corrected chi connectivity index (χ0v) is 12.3. The average Bonchev–Trinajstić information content (AvgIpc) is 2.69. The molecule has 1 unspecified atom stereocenters. The first-order chi connectivity index (χ1) is 8.97. The maximum absolute atomic E-state index is 12.0. The molecule has 0 saturated carbocycles. The van der Waals surface area contributed by atoms with Crippen molar-refractivity contribution < 1.29 is 4.79 Å². The Labute approximate surface area is 122 Å². The largest absolute Gasteiger partial charge is 0.399 e. The fourth-order valence-corrected chi connectivity index (χ4v) is 2.90. The number of nitrogen functional groups attached to an aromatic ring is 1. The van der Waals surface area contributed by atoms with Crippen LogP contribution in [-0.4, -0.2) is 29.9 Å². The minimum Gasteiger partial charge on any atom is -0.399 e. The number of amides is 1. The number of benzene rings is 1. The van der Waals surface area contributed by atoms with Gasteiger partial charge in [0.15, 0.2) is 0 Å². The zero-order valence-electron chi connectivity index (χ0n) is 10.7. The number of rotatable bonds is 3. The summed E-state index contributed by atoms with van der Waals surface area (Å²) in [7, 11) is 0. The van der Waals surface area contributed by atoms with Crippen molar-refractivity contribution in [1.82, 2.24) is 4.90 Å². The van der Waals surface area contributed by atoms with Crippen molar-refractivity contribution in [3.63, 3.8) is 0 Å². The van der Waals surface area contributed by atoms with Crippen molar-refractivity contribution in [1.29, 1.82) is 0 Å². The molecular weight excluding hydrogens is 285 g/mol. The monoisotopic (exact) mass is 301 g/mol. The molecule has 4 nitrogen and oxygen atoms in total. The molecule has 0 bridgehead atoms. The van der Waals surface area contributed by atoms with Gasteiger partial charge in [-0.1, -0.05) is 23.2 Å². The number of nitrogens with two attached hydrogens (primary N) is 1. The highest BCUT2D eigenvalue weighted by Gasteiger charge is 2.22. The fourth-order valence-electron chi connectivity index (χ4n) is 2.30. The first kappa shape index (κ1) is 14.4. The Morgan fingerprint density at radius 1 is 1.47 bits per heavy atom. The minimum absolute atomic E-state index is 0.109. The van der Waals surface area contributed by atoms with E-state index < -0.39 is 0 Å². The van der Waals surface area contributed by atoms with E-state index in [4.69, 9.17) is 28.9 Å². The molecule has 2 rings (SSSR count). The summed E-state index contributed by atoms with van der Waals surface area (Å²) in [5, 5.41) is 3.46. The van der Waals surface area contributed by atoms with Gasteiger partial charge in [-0.2, -0.15) is 0 Å². The van der Waals surface area contributed by atoms with E-state index in [1.807, 2.05) is 0 Å². The topological polar surface area (TPSA) is 58.4 Å². The number of likely N-dealkylation sites (tertiary alicyclic amines) is 1. The summed E-state index contributed by atoms with van der Waals surface area (Å²) < 4.78 is 0. The van der Waals surface area contributed by atoms with Crippen LogP contribution in [0.1, 0.15) is 19.8 Å². The van der Waals surface area contributed by atoms with Crippen LogP contribution in [-0.2, 0) is 4.79 Å². The summed E-state index contributed by atoms with van der Waals surface area (Å²) in [5.41, 5.74) is 6.52. The minimum atomic E-state index is -0.109. The van der Waals surface area contributed by atoms with Crippen LogP contribution in [0.4, 0.5) is 11.4 Å². The Morgan fingerprint density at radius 3 is 2.63 bits per heavy atom. The normalized spacial score (nSPS) is 19.6. The van der Waals surface area contributed by atoms with Crippen LogP contribution < -0.4 is 11.1 Å². The lowest BCUT2D eigenvalue weighted by Gasteiger charge is -2.20. The van der Waals surface area contributed by atoms with Crippen molar-refractivity contribution in [3.05, 3.63) is 22.2 Å². The standard InChI is InChI=1S/C13H17Cl2N3O/c1-8-3-2-4-18(8)7-12(19)17-13-10(14)5-9(16)6-11(13)15/h5-6,8H,2-4,7,16H2,1H3,(H,17,19). The maximum atomic E-state index is 12.0. The summed E-state index contributed by atoms with van der Waals surface area (Å²) in [6.45, 7) is 3.44. The van der Waals surface area contributed by atoms with Gasteiger partial charge >= 0.3 is 0 Å². The van der Waals surface area contributed by atoms with E-state index in [1.165, 1.54) is 0 Å². The summed E-state index contributed by atoms with van der Waals surface area (Å²) in [6.07, 6.45) is 2.27. The SMILES string of the molecule is CC1CCCN1CC(=O)Nc1c(Cl)cc(N)cc1Cl. The zero-order chi connectivity index (χ0) is 14.0. The second kappa shape index (κ2) is 5.99. The van der Waals surface area contributed by atoms with Crippen LogP contribution in [0.3, 0.4) is 0 Å². The van der Waals surface area contributed by atoms with Gasteiger partial charge in [-0.05, 0) is 38.4 Å². The average molecular weight is 302 g/mol. The molecule has 1 saturated heterocycles. The highest BCUT2D eigenvalue weighted by molar-refractivity contribution is 6.40. The fraction of sp³-hybridized carbons (Fsp3) is 0.462. The third-order valence-corrected chi connectivity index (χ3v) is 3.96. The maximum Gasteiger partial charge on any atom is 0.238 e. The highest BCUT2D eigenvalue weighted by atomic mass is 35.5. The van der Waals surface area contributed by atoms with Crippen LogP contribution in [0.5, 0.6) is 0 Å². The van der Waals surface area contributed by atoms with Gasteiger partial charge in [-0.15, -0.1) is 0 Å². The van der Waals surface area contributed by atoms with Gasteiger partial charge in [0, 0.05) is 11.7 Å². The van der Waals surface area contributed by atoms with Crippen molar-refractivity contribution >= 4 is 40.5 Å². The smallest absolute Gasteiger partial charge is 0.238 e. The molecule has 1 amide bonds. The molecule has 1 atom stereocenters. The Kier molecular flexibility index (Phi) is 4.55. The van der Waals surface area contributed by atoms with Crippen molar-refractivity contribution in [2.45, 2.75) is 25.8 Å². The molecule has 3 N–H and O–H groups in total. The van der Waals surface area contributed by atoms with Gasteiger partial charge in [-0.25, -0.2) is 0 Å². The quantitative estimate of drug-likeness (QED) is 0.844. The number of hydrogen-bond acceptors (Lipinski definition) is 3. The molecule has 19 heavy (non-hydrogen) atoms. The first-order valence-corrected chi connectivity index (χ1v) is 7.01.